The number of carbonyl (C=O) groups is 2. The summed E-state index contributed by atoms with van der Waals surface area (Å²) in [5, 5.41) is 3.29. The second kappa shape index (κ2) is 12.0. The maximum absolute atomic E-state index is 13.0. The van der Waals surface area contributed by atoms with Crippen molar-refractivity contribution in [3.63, 3.8) is 0 Å². The number of fused-ring (bicyclic) bond motifs is 1. The quantitative estimate of drug-likeness (QED) is 0.434. The highest BCUT2D eigenvalue weighted by Gasteiger charge is 2.29. The minimum absolute atomic E-state index is 0. The molecule has 0 spiro atoms. The molecule has 0 aliphatic carbocycles. The summed E-state index contributed by atoms with van der Waals surface area (Å²) in [6.45, 7) is 4.09. The number of carbonyl (C=O) groups excluding carboxylic acids is 2. The van der Waals surface area contributed by atoms with Crippen molar-refractivity contribution in [1.82, 2.24) is 4.90 Å². The van der Waals surface area contributed by atoms with E-state index in [0.717, 1.165) is 23.5 Å². The van der Waals surface area contributed by atoms with Crippen molar-refractivity contribution in [2.24, 2.45) is 0 Å². The molecule has 4 rings (SSSR count). The van der Waals surface area contributed by atoms with Crippen LogP contribution in [0.25, 0.3) is 0 Å². The summed E-state index contributed by atoms with van der Waals surface area (Å²) in [4.78, 5) is 28.6. The highest BCUT2D eigenvalue weighted by atomic mass is 35.5. The molecule has 34 heavy (non-hydrogen) atoms. The molecular weight excluding hydrogens is 479 g/mol. The molecule has 0 unspecified atom stereocenters. The van der Waals surface area contributed by atoms with Crippen molar-refractivity contribution in [3.05, 3.63) is 82.0 Å². The Labute approximate surface area is 208 Å². The molecule has 2 heterocycles. The number of hydrogen-bond donors (Lipinski definition) is 1. The van der Waals surface area contributed by atoms with E-state index in [-0.39, 0.29) is 31.4 Å². The predicted molar refractivity (Wildman–Crippen MR) is 132 cm³/mol. The van der Waals surface area contributed by atoms with Crippen LogP contribution in [0.15, 0.2) is 54.6 Å². The molecule has 0 radical (unpaired) electrons. The first kappa shape index (κ1) is 25.7. The molecule has 0 bridgehead atoms. The fourth-order valence-corrected chi connectivity index (χ4v) is 5.08. The lowest BCUT2D eigenvalue weighted by molar-refractivity contribution is -0.118. The third-order valence-corrected chi connectivity index (χ3v) is 6.43. The fourth-order valence-electron chi connectivity index (χ4n) is 3.78. The second-order valence-electron chi connectivity index (χ2n) is 7.67. The third-order valence-electron chi connectivity index (χ3n) is 5.30. The predicted octanol–water partition coefficient (Wildman–Crippen LogP) is 5.06. The van der Waals surface area contributed by atoms with Gasteiger partial charge in [-0.1, -0.05) is 30.3 Å². The molecule has 0 fully saturated rings. The van der Waals surface area contributed by atoms with Gasteiger partial charge in [-0.15, -0.1) is 23.7 Å². The van der Waals surface area contributed by atoms with Crippen molar-refractivity contribution < 1.29 is 23.5 Å². The Bertz CT molecular complexity index is 1120. The molecule has 1 aromatic heterocycles. The molecule has 0 saturated carbocycles. The number of nitrogens with one attached hydrogen (secondary N) is 1. The van der Waals surface area contributed by atoms with Crippen LogP contribution in [0.4, 0.5) is 9.39 Å². The molecule has 180 valence electrons. The highest BCUT2D eigenvalue weighted by molar-refractivity contribution is 7.17. The Hall–Kier alpha value is -2.94. The van der Waals surface area contributed by atoms with E-state index >= 15 is 0 Å². The van der Waals surface area contributed by atoms with Gasteiger partial charge in [0.05, 0.1) is 12.2 Å². The van der Waals surface area contributed by atoms with E-state index in [1.165, 1.54) is 41.2 Å². The number of rotatable bonds is 8. The average molecular weight is 505 g/mol. The van der Waals surface area contributed by atoms with Crippen molar-refractivity contribution >= 4 is 40.6 Å². The smallest absolute Gasteiger partial charge is 0.341 e. The van der Waals surface area contributed by atoms with Crippen LogP contribution >= 0.6 is 23.7 Å². The minimum Gasteiger partial charge on any atom is -0.484 e. The first-order valence-electron chi connectivity index (χ1n) is 10.8. The molecule has 0 atom stereocenters. The van der Waals surface area contributed by atoms with Crippen LogP contribution in [-0.2, 0) is 29.0 Å². The number of amides is 1. The summed E-state index contributed by atoms with van der Waals surface area (Å²) in [5.74, 6) is -0.818. The van der Waals surface area contributed by atoms with Gasteiger partial charge in [0, 0.05) is 24.5 Å². The van der Waals surface area contributed by atoms with Gasteiger partial charge in [-0.3, -0.25) is 9.69 Å². The van der Waals surface area contributed by atoms with Gasteiger partial charge in [0.2, 0.25) is 0 Å². The number of thiophene rings is 1. The van der Waals surface area contributed by atoms with E-state index in [1.807, 2.05) is 18.2 Å². The van der Waals surface area contributed by atoms with Crippen LogP contribution in [0.3, 0.4) is 0 Å². The summed E-state index contributed by atoms with van der Waals surface area (Å²) in [5.41, 5.74) is 2.61. The van der Waals surface area contributed by atoms with Crippen molar-refractivity contribution in [3.8, 4) is 5.75 Å². The third kappa shape index (κ3) is 6.34. The topological polar surface area (TPSA) is 67.9 Å². The van der Waals surface area contributed by atoms with Crippen LogP contribution in [0.5, 0.6) is 5.75 Å². The van der Waals surface area contributed by atoms with Crippen molar-refractivity contribution in [2.45, 2.75) is 26.4 Å². The van der Waals surface area contributed by atoms with Gasteiger partial charge in [-0.05, 0) is 48.7 Å². The van der Waals surface area contributed by atoms with Gasteiger partial charge in [-0.2, -0.15) is 0 Å². The Morgan fingerprint density at radius 2 is 1.85 bits per heavy atom. The summed E-state index contributed by atoms with van der Waals surface area (Å²) in [6, 6.07) is 15.7. The largest absolute Gasteiger partial charge is 0.484 e. The summed E-state index contributed by atoms with van der Waals surface area (Å²) in [7, 11) is 0. The molecule has 1 aliphatic heterocycles. The number of hydrogen-bond acceptors (Lipinski definition) is 6. The Balaban J connectivity index is 0.00000324. The van der Waals surface area contributed by atoms with Crippen LogP contribution in [-0.4, -0.2) is 36.5 Å². The van der Waals surface area contributed by atoms with Gasteiger partial charge < -0.3 is 14.8 Å². The number of halogens is 2. The Morgan fingerprint density at radius 1 is 1.12 bits per heavy atom. The molecule has 1 N–H and O–H groups in total. The fraction of sp³-hybridized carbons (Fsp3) is 0.280. The monoisotopic (exact) mass is 504 g/mol. The zero-order chi connectivity index (χ0) is 23.2. The van der Waals surface area contributed by atoms with Crippen molar-refractivity contribution in [1.29, 1.82) is 0 Å². The van der Waals surface area contributed by atoms with E-state index in [4.69, 9.17) is 9.47 Å². The zero-order valence-electron chi connectivity index (χ0n) is 18.7. The van der Waals surface area contributed by atoms with Crippen molar-refractivity contribution in [2.75, 3.05) is 25.1 Å². The molecule has 0 saturated heterocycles. The maximum atomic E-state index is 13.0. The van der Waals surface area contributed by atoms with Crippen LogP contribution in [0.2, 0.25) is 0 Å². The van der Waals surface area contributed by atoms with E-state index < -0.39 is 11.9 Å². The van der Waals surface area contributed by atoms with Crippen LogP contribution in [0, 0.1) is 5.82 Å². The molecule has 3 aromatic rings. The number of nitrogens with zero attached hydrogens (tertiary/aromatic N) is 1. The van der Waals surface area contributed by atoms with E-state index in [0.29, 0.717) is 29.3 Å². The first-order chi connectivity index (χ1) is 16.0. The van der Waals surface area contributed by atoms with Gasteiger partial charge in [-0.25, -0.2) is 9.18 Å². The summed E-state index contributed by atoms with van der Waals surface area (Å²) in [6.07, 6.45) is 0.703. The first-order valence-corrected chi connectivity index (χ1v) is 11.6. The molecule has 2 aromatic carbocycles. The standard InChI is InChI=1S/C25H25FN2O4S.ClH/c1-2-31-25(30)23-20-12-13-28(14-17-6-4-3-5-7-17)15-21(20)33-24(23)27-22(29)16-32-19-10-8-18(26)9-11-19;/h3-11H,2,12-16H2,1H3,(H,27,29);1H. The molecule has 1 amide bonds. The minimum atomic E-state index is -0.429. The van der Waals surface area contributed by atoms with Crippen LogP contribution < -0.4 is 10.1 Å². The van der Waals surface area contributed by atoms with Gasteiger partial charge >= 0.3 is 5.97 Å². The van der Waals surface area contributed by atoms with Gasteiger partial charge in [0.1, 0.15) is 16.6 Å². The number of ether oxygens (including phenoxy) is 2. The normalized spacial score (nSPS) is 12.9. The lowest BCUT2D eigenvalue weighted by atomic mass is 10.0. The Morgan fingerprint density at radius 3 is 2.56 bits per heavy atom. The number of benzene rings is 2. The SMILES string of the molecule is CCOC(=O)c1c(NC(=O)COc2ccc(F)cc2)sc2c1CCN(Cc1ccccc1)C2.Cl. The molecular formula is C25H26ClFN2O4S. The lowest BCUT2D eigenvalue weighted by Gasteiger charge is -2.27. The zero-order valence-corrected chi connectivity index (χ0v) is 20.3. The Kier molecular flexibility index (Phi) is 9.04. The lowest BCUT2D eigenvalue weighted by Crippen LogP contribution is -2.30. The maximum Gasteiger partial charge on any atom is 0.341 e. The summed E-state index contributed by atoms with van der Waals surface area (Å²) >= 11 is 1.40. The molecule has 9 heteroatoms. The summed E-state index contributed by atoms with van der Waals surface area (Å²) < 4.78 is 23.7. The molecule has 6 nitrogen and oxygen atoms in total. The van der Waals surface area contributed by atoms with E-state index in [1.54, 1.807) is 6.92 Å². The van der Waals surface area contributed by atoms with E-state index in [2.05, 4.69) is 22.3 Å². The number of anilines is 1. The second-order valence-corrected chi connectivity index (χ2v) is 8.77. The average Bonchev–Trinajstić information content (AvgIpc) is 3.16. The van der Waals surface area contributed by atoms with Crippen LogP contribution in [0.1, 0.15) is 33.3 Å². The van der Waals surface area contributed by atoms with Gasteiger partial charge in [0.15, 0.2) is 6.61 Å². The van der Waals surface area contributed by atoms with E-state index in [9.17, 15) is 14.0 Å². The highest BCUT2D eigenvalue weighted by Crippen LogP contribution is 2.38. The molecule has 1 aliphatic rings. The van der Waals surface area contributed by atoms with Gasteiger partial charge in [0.25, 0.3) is 5.91 Å². The number of esters is 1.